The SMILES string of the molecule is COCc1cc(N2CCN(Cc3ccccc3)CC2)nc(SCc2ccc(C(=O)N(C)Cc3ccccc3)cc2)n1. The zero-order valence-electron chi connectivity index (χ0n) is 23.8. The smallest absolute Gasteiger partial charge is 0.253 e. The first-order valence-electron chi connectivity index (χ1n) is 14.0. The molecule has 1 amide bonds. The number of hydrogen-bond donors (Lipinski definition) is 0. The Morgan fingerprint density at radius 3 is 2.17 bits per heavy atom. The molecule has 0 atom stereocenters. The highest BCUT2D eigenvalue weighted by Gasteiger charge is 2.20. The van der Waals surface area contributed by atoms with Crippen molar-refractivity contribution < 1.29 is 9.53 Å². The maximum atomic E-state index is 12.9. The van der Waals surface area contributed by atoms with E-state index < -0.39 is 0 Å². The van der Waals surface area contributed by atoms with Crippen LogP contribution >= 0.6 is 11.8 Å². The van der Waals surface area contributed by atoms with E-state index in [-0.39, 0.29) is 5.91 Å². The van der Waals surface area contributed by atoms with E-state index in [9.17, 15) is 4.79 Å². The molecule has 1 fully saturated rings. The predicted octanol–water partition coefficient (Wildman–Crippen LogP) is 5.51. The van der Waals surface area contributed by atoms with Gasteiger partial charge in [0.2, 0.25) is 0 Å². The Balaban J connectivity index is 1.18. The zero-order valence-corrected chi connectivity index (χ0v) is 24.6. The number of hydrogen-bond acceptors (Lipinski definition) is 7. The van der Waals surface area contributed by atoms with Crippen molar-refractivity contribution in [1.82, 2.24) is 19.8 Å². The van der Waals surface area contributed by atoms with Crippen molar-refractivity contribution in [3.05, 3.63) is 119 Å². The molecule has 1 aliphatic heterocycles. The van der Waals surface area contributed by atoms with E-state index >= 15 is 0 Å². The minimum atomic E-state index is 0.0113. The molecule has 212 valence electrons. The Hall–Kier alpha value is -3.72. The van der Waals surface area contributed by atoms with Crippen molar-refractivity contribution in [3.63, 3.8) is 0 Å². The van der Waals surface area contributed by atoms with E-state index in [1.807, 2.05) is 67.7 Å². The first-order valence-corrected chi connectivity index (χ1v) is 14.9. The van der Waals surface area contributed by atoms with Gasteiger partial charge < -0.3 is 14.5 Å². The van der Waals surface area contributed by atoms with Crippen LogP contribution in [0.3, 0.4) is 0 Å². The Morgan fingerprint density at radius 1 is 0.854 bits per heavy atom. The van der Waals surface area contributed by atoms with E-state index in [1.54, 1.807) is 23.8 Å². The molecule has 0 unspecified atom stereocenters. The summed E-state index contributed by atoms with van der Waals surface area (Å²) in [6, 6.07) is 30.6. The summed E-state index contributed by atoms with van der Waals surface area (Å²) in [5.41, 5.74) is 5.15. The van der Waals surface area contributed by atoms with Gasteiger partial charge in [-0.2, -0.15) is 0 Å². The summed E-state index contributed by atoms with van der Waals surface area (Å²) >= 11 is 1.61. The molecule has 0 spiro atoms. The molecule has 2 heterocycles. The number of amides is 1. The first kappa shape index (κ1) is 28.8. The summed E-state index contributed by atoms with van der Waals surface area (Å²) in [6.07, 6.45) is 0. The summed E-state index contributed by atoms with van der Waals surface area (Å²) in [4.78, 5) is 29.2. The molecule has 1 aliphatic rings. The van der Waals surface area contributed by atoms with E-state index in [4.69, 9.17) is 14.7 Å². The quantitative estimate of drug-likeness (QED) is 0.175. The number of thioether (sulfide) groups is 1. The van der Waals surface area contributed by atoms with E-state index in [1.165, 1.54) is 5.56 Å². The topological polar surface area (TPSA) is 61.8 Å². The lowest BCUT2D eigenvalue weighted by Crippen LogP contribution is -2.46. The van der Waals surface area contributed by atoms with Gasteiger partial charge >= 0.3 is 0 Å². The molecular weight excluding hydrogens is 530 g/mol. The first-order chi connectivity index (χ1) is 20.1. The lowest BCUT2D eigenvalue weighted by atomic mass is 10.1. The number of rotatable bonds is 11. The lowest BCUT2D eigenvalue weighted by molar-refractivity contribution is 0.0785. The van der Waals surface area contributed by atoms with Gasteiger partial charge in [0.1, 0.15) is 5.82 Å². The number of carbonyl (C=O) groups excluding carboxylic acids is 1. The standard InChI is InChI=1S/C33H37N5O2S/c1-36(22-26-9-5-3-6-10-26)32(39)29-15-13-28(14-16-29)25-41-33-34-30(24-40-2)21-31(35-33)38-19-17-37(18-20-38)23-27-11-7-4-8-12-27/h3-16,21H,17-20,22-25H2,1-2H3. The van der Waals surface area contributed by atoms with Crippen LogP contribution in [0.1, 0.15) is 32.7 Å². The number of anilines is 1. The van der Waals surface area contributed by atoms with E-state index in [0.717, 1.165) is 66.3 Å². The average molecular weight is 568 g/mol. The fourth-order valence-electron chi connectivity index (χ4n) is 4.93. The molecule has 0 N–H and O–H groups in total. The van der Waals surface area contributed by atoms with Gasteiger partial charge in [-0.05, 0) is 28.8 Å². The molecule has 1 aromatic heterocycles. The van der Waals surface area contributed by atoms with Crippen LogP contribution in [0.15, 0.2) is 96.2 Å². The molecule has 7 nitrogen and oxygen atoms in total. The second-order valence-corrected chi connectivity index (χ2v) is 11.3. The van der Waals surface area contributed by atoms with Gasteiger partial charge in [-0.15, -0.1) is 0 Å². The van der Waals surface area contributed by atoms with Crippen LogP contribution in [0, 0.1) is 0 Å². The molecule has 4 aromatic rings. The zero-order chi connectivity index (χ0) is 28.4. The molecular formula is C33H37N5O2S. The summed E-state index contributed by atoms with van der Waals surface area (Å²) in [5.74, 6) is 1.68. The summed E-state index contributed by atoms with van der Waals surface area (Å²) in [7, 11) is 3.53. The van der Waals surface area contributed by atoms with Gasteiger partial charge in [0.25, 0.3) is 5.91 Å². The average Bonchev–Trinajstić information content (AvgIpc) is 3.01. The van der Waals surface area contributed by atoms with Crippen molar-refractivity contribution in [3.8, 4) is 0 Å². The molecule has 0 aliphatic carbocycles. The summed E-state index contributed by atoms with van der Waals surface area (Å²) in [6.45, 7) is 5.84. The fraction of sp³-hybridized carbons (Fsp3) is 0.303. The molecule has 8 heteroatoms. The number of ether oxygens (including phenoxy) is 1. The van der Waals surface area contributed by atoms with Crippen LogP contribution in [-0.4, -0.2) is 66.0 Å². The minimum absolute atomic E-state index is 0.0113. The fourth-order valence-corrected chi connectivity index (χ4v) is 5.75. The Morgan fingerprint density at radius 2 is 1.51 bits per heavy atom. The lowest BCUT2D eigenvalue weighted by Gasteiger charge is -2.35. The summed E-state index contributed by atoms with van der Waals surface area (Å²) < 4.78 is 5.40. The van der Waals surface area contributed by atoms with Crippen molar-refractivity contribution in [2.75, 3.05) is 45.2 Å². The molecule has 3 aromatic carbocycles. The molecule has 0 radical (unpaired) electrons. The third-order valence-corrected chi connectivity index (χ3v) is 8.08. The molecule has 5 rings (SSSR count). The number of benzene rings is 3. The highest BCUT2D eigenvalue weighted by Crippen LogP contribution is 2.25. The Bertz CT molecular complexity index is 1390. The van der Waals surface area contributed by atoms with E-state index in [2.05, 4.69) is 40.1 Å². The van der Waals surface area contributed by atoms with Crippen molar-refractivity contribution in [1.29, 1.82) is 0 Å². The number of methoxy groups -OCH3 is 1. The van der Waals surface area contributed by atoms with Crippen LogP contribution < -0.4 is 4.90 Å². The van der Waals surface area contributed by atoms with Crippen LogP contribution in [0.4, 0.5) is 5.82 Å². The van der Waals surface area contributed by atoms with Gasteiger partial charge in [-0.3, -0.25) is 9.69 Å². The van der Waals surface area contributed by atoms with Crippen molar-refractivity contribution in [2.45, 2.75) is 30.6 Å². The van der Waals surface area contributed by atoms with Gasteiger partial charge in [0.15, 0.2) is 5.16 Å². The van der Waals surface area contributed by atoms with Crippen LogP contribution in [-0.2, 0) is 30.2 Å². The number of nitrogens with zero attached hydrogens (tertiary/aromatic N) is 5. The highest BCUT2D eigenvalue weighted by molar-refractivity contribution is 7.98. The Labute approximate surface area is 247 Å². The molecule has 1 saturated heterocycles. The summed E-state index contributed by atoms with van der Waals surface area (Å²) in [5, 5.41) is 0.740. The van der Waals surface area contributed by atoms with Gasteiger partial charge in [-0.25, -0.2) is 9.97 Å². The largest absolute Gasteiger partial charge is 0.378 e. The highest BCUT2D eigenvalue weighted by atomic mass is 32.2. The van der Waals surface area contributed by atoms with E-state index in [0.29, 0.717) is 18.7 Å². The van der Waals surface area contributed by atoms with Crippen molar-refractivity contribution in [2.24, 2.45) is 0 Å². The molecule has 41 heavy (non-hydrogen) atoms. The van der Waals surface area contributed by atoms with Gasteiger partial charge in [0, 0.05) is 70.8 Å². The minimum Gasteiger partial charge on any atom is -0.378 e. The maximum Gasteiger partial charge on any atom is 0.253 e. The van der Waals surface area contributed by atoms with Gasteiger partial charge in [-0.1, -0.05) is 84.6 Å². The maximum absolute atomic E-state index is 12.9. The third-order valence-electron chi connectivity index (χ3n) is 7.16. The van der Waals surface area contributed by atoms with Gasteiger partial charge in [0.05, 0.1) is 12.3 Å². The van der Waals surface area contributed by atoms with Crippen LogP contribution in [0.25, 0.3) is 0 Å². The number of aromatic nitrogens is 2. The monoisotopic (exact) mass is 567 g/mol. The Kier molecular flexibility index (Phi) is 10.0. The third kappa shape index (κ3) is 8.16. The number of piperazine rings is 1. The number of carbonyl (C=O) groups is 1. The van der Waals surface area contributed by atoms with Crippen molar-refractivity contribution >= 4 is 23.5 Å². The predicted molar refractivity (Wildman–Crippen MR) is 165 cm³/mol. The normalized spacial score (nSPS) is 13.8. The van der Waals surface area contributed by atoms with Crippen LogP contribution in [0.5, 0.6) is 0 Å². The molecule has 0 bridgehead atoms. The molecule has 0 saturated carbocycles. The second-order valence-electron chi connectivity index (χ2n) is 10.3. The second kappa shape index (κ2) is 14.3. The van der Waals surface area contributed by atoms with Crippen LogP contribution in [0.2, 0.25) is 0 Å².